The van der Waals surface area contributed by atoms with E-state index in [-0.39, 0.29) is 18.2 Å². The summed E-state index contributed by atoms with van der Waals surface area (Å²) >= 11 is 0. The van der Waals surface area contributed by atoms with Crippen molar-refractivity contribution in [2.75, 3.05) is 13.1 Å². The molecule has 3 rings (SSSR count). The van der Waals surface area contributed by atoms with E-state index in [9.17, 15) is 4.79 Å². The maximum atomic E-state index is 12.5. The molecule has 0 bridgehead atoms. The van der Waals surface area contributed by atoms with Gasteiger partial charge in [-0.05, 0) is 39.0 Å². The van der Waals surface area contributed by atoms with Gasteiger partial charge in [0.2, 0.25) is 0 Å². The van der Waals surface area contributed by atoms with Gasteiger partial charge in [0, 0.05) is 30.9 Å². The van der Waals surface area contributed by atoms with E-state index in [1.54, 1.807) is 17.3 Å². The average molecular weight is 343 g/mol. The Kier molecular flexibility index (Phi) is 5.21. The molecular weight excluding hydrogens is 318 g/mol. The molecule has 134 valence electrons. The standard InChI is InChI=1S/C18H25N5O2/c1-13-9-15(3)23(21-13)11-14(2)20-18(24)22-8-6-17(12-22)25-16-5-4-7-19-10-16/h4-5,7,9-10,14,17H,6,8,11-12H2,1-3H3,(H,20,24)/t14-,17+/m0/s1. The Morgan fingerprint density at radius 3 is 3.00 bits per heavy atom. The lowest BCUT2D eigenvalue weighted by Crippen LogP contribution is -2.44. The second-order valence-electron chi connectivity index (χ2n) is 6.62. The minimum absolute atomic E-state index is 0.00351. The molecule has 1 aliphatic heterocycles. The molecule has 0 radical (unpaired) electrons. The van der Waals surface area contributed by atoms with E-state index in [1.165, 1.54) is 0 Å². The van der Waals surface area contributed by atoms with Gasteiger partial charge in [-0.3, -0.25) is 9.67 Å². The zero-order valence-electron chi connectivity index (χ0n) is 15.0. The van der Waals surface area contributed by atoms with Crippen molar-refractivity contribution < 1.29 is 9.53 Å². The lowest BCUT2D eigenvalue weighted by molar-refractivity contribution is 0.183. The van der Waals surface area contributed by atoms with E-state index in [1.807, 2.05) is 43.7 Å². The number of hydrogen-bond acceptors (Lipinski definition) is 4. The molecule has 3 heterocycles. The number of nitrogens with one attached hydrogen (secondary N) is 1. The van der Waals surface area contributed by atoms with Crippen molar-refractivity contribution in [3.05, 3.63) is 42.0 Å². The SMILES string of the molecule is Cc1cc(C)n(C[C@H](C)NC(=O)N2CC[C@@H](Oc3cccnc3)C2)n1. The molecule has 25 heavy (non-hydrogen) atoms. The van der Waals surface area contributed by atoms with E-state index >= 15 is 0 Å². The zero-order valence-corrected chi connectivity index (χ0v) is 15.0. The molecule has 0 spiro atoms. The number of aromatic nitrogens is 3. The number of aryl methyl sites for hydroxylation is 2. The minimum Gasteiger partial charge on any atom is -0.487 e. The monoisotopic (exact) mass is 343 g/mol. The molecule has 2 atom stereocenters. The molecule has 2 amide bonds. The van der Waals surface area contributed by atoms with Gasteiger partial charge in [-0.1, -0.05) is 0 Å². The van der Waals surface area contributed by atoms with Crippen molar-refractivity contribution in [1.82, 2.24) is 25.0 Å². The molecule has 2 aromatic heterocycles. The summed E-state index contributed by atoms with van der Waals surface area (Å²) in [5, 5.41) is 7.49. The van der Waals surface area contributed by atoms with Gasteiger partial charge < -0.3 is 15.0 Å². The Morgan fingerprint density at radius 1 is 1.48 bits per heavy atom. The van der Waals surface area contributed by atoms with Gasteiger partial charge in [-0.25, -0.2) is 4.79 Å². The quantitative estimate of drug-likeness (QED) is 0.903. The van der Waals surface area contributed by atoms with Gasteiger partial charge in [0.25, 0.3) is 0 Å². The Morgan fingerprint density at radius 2 is 2.32 bits per heavy atom. The molecule has 2 aromatic rings. The first kappa shape index (κ1) is 17.3. The van der Waals surface area contributed by atoms with Crippen LogP contribution < -0.4 is 10.1 Å². The lowest BCUT2D eigenvalue weighted by Gasteiger charge is -2.21. The third-order valence-corrected chi connectivity index (χ3v) is 4.29. The Bertz CT molecular complexity index is 716. The highest BCUT2D eigenvalue weighted by Gasteiger charge is 2.28. The van der Waals surface area contributed by atoms with Gasteiger partial charge in [0.05, 0.1) is 25.0 Å². The fourth-order valence-electron chi connectivity index (χ4n) is 3.09. The molecule has 1 aliphatic rings. The number of pyridine rings is 1. The van der Waals surface area contributed by atoms with Crippen molar-refractivity contribution in [3.8, 4) is 5.75 Å². The van der Waals surface area contributed by atoms with E-state index in [0.29, 0.717) is 19.6 Å². The number of carbonyl (C=O) groups excluding carboxylic acids is 1. The molecule has 7 nitrogen and oxygen atoms in total. The number of rotatable bonds is 5. The average Bonchev–Trinajstić information content (AvgIpc) is 3.15. The van der Waals surface area contributed by atoms with Crippen LogP contribution in [0.15, 0.2) is 30.6 Å². The van der Waals surface area contributed by atoms with Crippen molar-refractivity contribution in [2.45, 2.75) is 45.9 Å². The van der Waals surface area contributed by atoms with E-state index in [2.05, 4.69) is 15.4 Å². The fourth-order valence-corrected chi connectivity index (χ4v) is 3.09. The summed E-state index contributed by atoms with van der Waals surface area (Å²) in [6, 6.07) is 5.71. The molecule has 1 N–H and O–H groups in total. The summed E-state index contributed by atoms with van der Waals surface area (Å²) in [5.41, 5.74) is 2.09. The number of ether oxygens (including phenoxy) is 1. The van der Waals surface area contributed by atoms with Crippen molar-refractivity contribution in [1.29, 1.82) is 0 Å². The summed E-state index contributed by atoms with van der Waals surface area (Å²) in [4.78, 5) is 18.3. The summed E-state index contributed by atoms with van der Waals surface area (Å²) in [6.07, 6.45) is 4.25. The van der Waals surface area contributed by atoms with Crippen LogP contribution in [-0.4, -0.2) is 50.9 Å². The number of amides is 2. The second kappa shape index (κ2) is 7.55. The largest absolute Gasteiger partial charge is 0.487 e. The Hall–Kier alpha value is -2.57. The third-order valence-electron chi connectivity index (χ3n) is 4.29. The maximum Gasteiger partial charge on any atom is 0.317 e. The number of carbonyl (C=O) groups is 1. The van der Waals surface area contributed by atoms with Crippen LogP contribution in [0, 0.1) is 13.8 Å². The lowest BCUT2D eigenvalue weighted by atomic mass is 10.3. The van der Waals surface area contributed by atoms with Crippen LogP contribution in [-0.2, 0) is 6.54 Å². The highest BCUT2D eigenvalue weighted by Crippen LogP contribution is 2.17. The summed E-state index contributed by atoms with van der Waals surface area (Å²) < 4.78 is 7.81. The van der Waals surface area contributed by atoms with E-state index in [4.69, 9.17) is 4.74 Å². The molecule has 0 saturated carbocycles. The second-order valence-corrected chi connectivity index (χ2v) is 6.62. The molecular formula is C18H25N5O2. The topological polar surface area (TPSA) is 72.3 Å². The maximum absolute atomic E-state index is 12.5. The first-order valence-electron chi connectivity index (χ1n) is 8.64. The zero-order chi connectivity index (χ0) is 17.8. The van der Waals surface area contributed by atoms with Gasteiger partial charge in [-0.2, -0.15) is 5.10 Å². The summed E-state index contributed by atoms with van der Waals surface area (Å²) in [7, 11) is 0. The van der Waals surface area contributed by atoms with Gasteiger partial charge in [0.15, 0.2) is 0 Å². The highest BCUT2D eigenvalue weighted by atomic mass is 16.5. The van der Waals surface area contributed by atoms with Crippen molar-refractivity contribution in [3.63, 3.8) is 0 Å². The van der Waals surface area contributed by atoms with Crippen molar-refractivity contribution in [2.24, 2.45) is 0 Å². The van der Waals surface area contributed by atoms with E-state index in [0.717, 1.165) is 23.6 Å². The predicted octanol–water partition coefficient (Wildman–Crippen LogP) is 2.15. The number of urea groups is 1. The molecule has 1 fully saturated rings. The molecule has 0 aromatic carbocycles. The highest BCUT2D eigenvalue weighted by molar-refractivity contribution is 5.74. The summed E-state index contributed by atoms with van der Waals surface area (Å²) in [6.45, 7) is 7.94. The van der Waals surface area contributed by atoms with Crippen LogP contribution in [0.4, 0.5) is 4.79 Å². The first-order chi connectivity index (χ1) is 12.0. The van der Waals surface area contributed by atoms with Crippen LogP contribution in [0.2, 0.25) is 0 Å². The molecule has 0 unspecified atom stereocenters. The molecule has 1 saturated heterocycles. The van der Waals surface area contributed by atoms with Crippen molar-refractivity contribution >= 4 is 6.03 Å². The van der Waals surface area contributed by atoms with Crippen LogP contribution in [0.5, 0.6) is 5.75 Å². The van der Waals surface area contributed by atoms with Crippen LogP contribution >= 0.6 is 0 Å². The fraction of sp³-hybridized carbons (Fsp3) is 0.500. The van der Waals surface area contributed by atoms with Crippen LogP contribution in [0.3, 0.4) is 0 Å². The van der Waals surface area contributed by atoms with Gasteiger partial charge >= 0.3 is 6.03 Å². The minimum atomic E-state index is -0.0497. The van der Waals surface area contributed by atoms with E-state index < -0.39 is 0 Å². The summed E-state index contributed by atoms with van der Waals surface area (Å²) in [5.74, 6) is 0.743. The van der Waals surface area contributed by atoms with Gasteiger partial charge in [0.1, 0.15) is 11.9 Å². The Labute approximate surface area is 148 Å². The van der Waals surface area contributed by atoms with Crippen LogP contribution in [0.25, 0.3) is 0 Å². The van der Waals surface area contributed by atoms with Gasteiger partial charge in [-0.15, -0.1) is 0 Å². The first-order valence-corrected chi connectivity index (χ1v) is 8.64. The number of nitrogens with zero attached hydrogens (tertiary/aromatic N) is 4. The predicted molar refractivity (Wildman–Crippen MR) is 94.5 cm³/mol. The van der Waals surface area contributed by atoms with Crippen LogP contribution in [0.1, 0.15) is 24.7 Å². The third kappa shape index (κ3) is 4.49. The molecule has 7 heteroatoms. The number of hydrogen-bond donors (Lipinski definition) is 1. The number of likely N-dealkylation sites (tertiary alicyclic amines) is 1. The Balaban J connectivity index is 1.47. The molecule has 0 aliphatic carbocycles. The smallest absolute Gasteiger partial charge is 0.317 e. The normalized spacial score (nSPS) is 18.2.